The van der Waals surface area contributed by atoms with E-state index in [4.69, 9.17) is 16.3 Å². The van der Waals surface area contributed by atoms with Crippen LogP contribution in [0.15, 0.2) is 48.5 Å². The molecule has 0 aliphatic carbocycles. The molecule has 33 heavy (non-hydrogen) atoms. The summed E-state index contributed by atoms with van der Waals surface area (Å²) in [5, 5.41) is 3.29. The molecule has 1 atom stereocenters. The summed E-state index contributed by atoms with van der Waals surface area (Å²) in [6, 6.07) is 12.3. The van der Waals surface area contributed by atoms with E-state index in [-0.39, 0.29) is 18.5 Å². The van der Waals surface area contributed by atoms with Crippen LogP contribution in [0.2, 0.25) is 5.02 Å². The van der Waals surface area contributed by atoms with Crippen LogP contribution in [-0.2, 0) is 26.2 Å². The van der Waals surface area contributed by atoms with Crippen molar-refractivity contribution in [2.75, 3.05) is 24.2 Å². The van der Waals surface area contributed by atoms with E-state index in [1.165, 1.54) is 12.0 Å². The maximum absolute atomic E-state index is 13.4. The van der Waals surface area contributed by atoms with Gasteiger partial charge < -0.3 is 15.0 Å². The Kier molecular flexibility index (Phi) is 9.13. The first kappa shape index (κ1) is 26.5. The number of carbonyl (C=O) groups excluding carboxylic acids is 2. The Hall–Kier alpha value is -2.78. The molecule has 0 heterocycles. The van der Waals surface area contributed by atoms with Crippen LogP contribution in [-0.4, -0.2) is 57.1 Å². The van der Waals surface area contributed by atoms with Gasteiger partial charge >= 0.3 is 0 Å². The van der Waals surface area contributed by atoms with Crippen molar-refractivity contribution in [3.63, 3.8) is 0 Å². The number of anilines is 1. The molecule has 0 aromatic heterocycles. The zero-order valence-corrected chi connectivity index (χ0v) is 21.0. The van der Waals surface area contributed by atoms with Gasteiger partial charge in [0.2, 0.25) is 21.8 Å². The number of amides is 2. The Morgan fingerprint density at radius 3 is 2.24 bits per heavy atom. The van der Waals surface area contributed by atoms with Gasteiger partial charge in [0, 0.05) is 17.6 Å². The smallest absolute Gasteiger partial charge is 0.244 e. The average Bonchev–Trinajstić information content (AvgIpc) is 2.74. The molecule has 10 heteroatoms. The number of ether oxygens (including phenoxy) is 1. The molecule has 0 fully saturated rings. The summed E-state index contributed by atoms with van der Waals surface area (Å²) in [5.74, 6) is -0.307. The van der Waals surface area contributed by atoms with Crippen molar-refractivity contribution < 1.29 is 22.7 Å². The molecule has 0 radical (unpaired) electrons. The quantitative estimate of drug-likeness (QED) is 0.546. The van der Waals surface area contributed by atoms with Crippen molar-refractivity contribution >= 4 is 39.1 Å². The van der Waals surface area contributed by atoms with E-state index in [2.05, 4.69) is 5.32 Å². The van der Waals surface area contributed by atoms with Crippen LogP contribution < -0.4 is 14.4 Å². The van der Waals surface area contributed by atoms with Crippen molar-refractivity contribution in [2.45, 2.75) is 39.4 Å². The van der Waals surface area contributed by atoms with E-state index in [1.54, 1.807) is 55.5 Å². The number of nitrogens with zero attached hydrogens (tertiary/aromatic N) is 2. The molecule has 0 spiro atoms. The number of rotatable bonds is 10. The SMILES string of the molecule is COc1ccc(N(CC(=O)N(Cc2cccc(Cl)c2)[C@@H](C)C(=O)NC(C)C)S(C)(=O)=O)cc1. The standard InChI is InChI=1S/C23H30ClN3O5S/c1-16(2)25-23(29)17(3)26(14-18-7-6-8-19(24)13-18)22(28)15-27(33(5,30)31)20-9-11-21(32-4)12-10-20/h6-13,16-17H,14-15H2,1-5H3,(H,25,29)/t17-/m0/s1. The van der Waals surface area contributed by atoms with Crippen molar-refractivity contribution in [3.8, 4) is 5.75 Å². The molecule has 8 nitrogen and oxygen atoms in total. The predicted octanol–water partition coefficient (Wildman–Crippen LogP) is 3.06. The van der Waals surface area contributed by atoms with Gasteiger partial charge in [0.05, 0.1) is 19.1 Å². The maximum atomic E-state index is 13.4. The van der Waals surface area contributed by atoms with Gasteiger partial charge in [-0.05, 0) is 62.7 Å². The minimum absolute atomic E-state index is 0.0896. The highest BCUT2D eigenvalue weighted by atomic mass is 35.5. The summed E-state index contributed by atoms with van der Waals surface area (Å²) >= 11 is 6.09. The fourth-order valence-electron chi connectivity index (χ4n) is 3.18. The van der Waals surface area contributed by atoms with E-state index >= 15 is 0 Å². The van der Waals surface area contributed by atoms with Crippen LogP contribution >= 0.6 is 11.6 Å². The molecule has 0 saturated carbocycles. The number of sulfonamides is 1. The third-order valence-electron chi connectivity index (χ3n) is 4.88. The molecular weight excluding hydrogens is 466 g/mol. The molecule has 0 aliphatic heterocycles. The fourth-order valence-corrected chi connectivity index (χ4v) is 4.24. The second kappa shape index (κ2) is 11.4. The van der Waals surface area contributed by atoms with E-state index in [0.717, 1.165) is 16.1 Å². The van der Waals surface area contributed by atoms with E-state index < -0.39 is 28.5 Å². The Morgan fingerprint density at radius 2 is 1.73 bits per heavy atom. The van der Waals surface area contributed by atoms with Gasteiger partial charge in [0.1, 0.15) is 18.3 Å². The molecule has 2 aromatic carbocycles. The minimum Gasteiger partial charge on any atom is -0.497 e. The summed E-state index contributed by atoms with van der Waals surface area (Å²) in [7, 11) is -2.28. The van der Waals surface area contributed by atoms with Gasteiger partial charge in [-0.15, -0.1) is 0 Å². The summed E-state index contributed by atoms with van der Waals surface area (Å²) in [4.78, 5) is 27.5. The highest BCUT2D eigenvalue weighted by Crippen LogP contribution is 2.22. The lowest BCUT2D eigenvalue weighted by Crippen LogP contribution is -2.52. The monoisotopic (exact) mass is 495 g/mol. The number of benzene rings is 2. The summed E-state index contributed by atoms with van der Waals surface area (Å²) in [5.41, 5.74) is 1.03. The highest BCUT2D eigenvalue weighted by molar-refractivity contribution is 7.92. The predicted molar refractivity (Wildman–Crippen MR) is 130 cm³/mol. The van der Waals surface area contributed by atoms with Gasteiger partial charge in [-0.2, -0.15) is 0 Å². The fraction of sp³-hybridized carbons (Fsp3) is 0.391. The van der Waals surface area contributed by atoms with Crippen molar-refractivity contribution in [3.05, 3.63) is 59.1 Å². The number of nitrogens with one attached hydrogen (secondary N) is 1. The molecular formula is C23H30ClN3O5S. The molecule has 0 bridgehead atoms. The van der Waals surface area contributed by atoms with Gasteiger partial charge in [0.25, 0.3) is 0 Å². The lowest BCUT2D eigenvalue weighted by atomic mass is 10.1. The third kappa shape index (κ3) is 7.64. The summed E-state index contributed by atoms with van der Waals surface area (Å²) < 4.78 is 31.2. The van der Waals surface area contributed by atoms with Gasteiger partial charge in [-0.25, -0.2) is 8.42 Å². The van der Waals surface area contributed by atoms with E-state index in [9.17, 15) is 18.0 Å². The molecule has 0 unspecified atom stereocenters. The third-order valence-corrected chi connectivity index (χ3v) is 6.26. The van der Waals surface area contributed by atoms with Crippen LogP contribution in [0.1, 0.15) is 26.3 Å². The van der Waals surface area contributed by atoms with Crippen molar-refractivity contribution in [1.29, 1.82) is 0 Å². The first-order valence-electron chi connectivity index (χ1n) is 10.4. The average molecular weight is 496 g/mol. The molecule has 2 aromatic rings. The number of halogens is 1. The van der Waals surface area contributed by atoms with Crippen LogP contribution in [0.4, 0.5) is 5.69 Å². The van der Waals surface area contributed by atoms with Gasteiger partial charge in [-0.3, -0.25) is 13.9 Å². The highest BCUT2D eigenvalue weighted by Gasteiger charge is 2.30. The van der Waals surface area contributed by atoms with Crippen molar-refractivity contribution in [2.24, 2.45) is 0 Å². The van der Waals surface area contributed by atoms with Crippen LogP contribution in [0.5, 0.6) is 5.75 Å². The molecule has 180 valence electrons. The van der Waals surface area contributed by atoms with E-state index in [0.29, 0.717) is 16.5 Å². The molecule has 2 amide bonds. The minimum atomic E-state index is -3.79. The summed E-state index contributed by atoms with van der Waals surface area (Å²) in [6.07, 6.45) is 1.03. The first-order valence-corrected chi connectivity index (χ1v) is 12.6. The molecule has 1 N–H and O–H groups in total. The lowest BCUT2D eigenvalue weighted by Gasteiger charge is -2.32. The molecule has 2 rings (SSSR count). The Balaban J connectivity index is 2.38. The second-order valence-corrected chi connectivity index (χ2v) is 10.3. The topological polar surface area (TPSA) is 96.0 Å². The lowest BCUT2D eigenvalue weighted by molar-refractivity contribution is -0.139. The van der Waals surface area contributed by atoms with E-state index in [1.807, 2.05) is 13.8 Å². The van der Waals surface area contributed by atoms with Gasteiger partial charge in [-0.1, -0.05) is 23.7 Å². The Bertz CT molecular complexity index is 1070. The number of carbonyl (C=O) groups is 2. The number of hydrogen-bond acceptors (Lipinski definition) is 5. The zero-order valence-electron chi connectivity index (χ0n) is 19.4. The summed E-state index contributed by atoms with van der Waals surface area (Å²) in [6.45, 7) is 4.88. The van der Waals surface area contributed by atoms with Crippen LogP contribution in [0.25, 0.3) is 0 Å². The zero-order chi connectivity index (χ0) is 24.8. The van der Waals surface area contributed by atoms with Crippen LogP contribution in [0, 0.1) is 0 Å². The number of hydrogen-bond donors (Lipinski definition) is 1. The molecule has 0 saturated heterocycles. The van der Waals surface area contributed by atoms with Crippen molar-refractivity contribution in [1.82, 2.24) is 10.2 Å². The second-order valence-electron chi connectivity index (χ2n) is 7.96. The number of methoxy groups -OCH3 is 1. The Morgan fingerprint density at radius 1 is 1.09 bits per heavy atom. The normalized spacial score (nSPS) is 12.2. The Labute approximate surface area is 200 Å². The van der Waals surface area contributed by atoms with Gasteiger partial charge in [0.15, 0.2) is 0 Å². The maximum Gasteiger partial charge on any atom is 0.244 e. The largest absolute Gasteiger partial charge is 0.497 e. The first-order chi connectivity index (χ1) is 15.4. The van der Waals surface area contributed by atoms with Crippen LogP contribution in [0.3, 0.4) is 0 Å². The molecule has 0 aliphatic rings.